The standard InChI is InChI=1S/C14H12F4N2O2/c15-11-4-2-1-3-10(11)12(21)8-20-13-6-5-9(7-19-13)22-14(16,17)18/h1-7,12,21H,8H2,(H,19,20). The van der Waals surface area contributed by atoms with Crippen molar-refractivity contribution in [3.8, 4) is 5.75 Å². The molecule has 1 aromatic heterocycles. The summed E-state index contributed by atoms with van der Waals surface area (Å²) in [6.45, 7) is -0.0482. The third-order valence-corrected chi connectivity index (χ3v) is 2.71. The van der Waals surface area contributed by atoms with Crippen molar-refractivity contribution in [1.29, 1.82) is 0 Å². The van der Waals surface area contributed by atoms with Gasteiger partial charge in [-0.3, -0.25) is 0 Å². The maximum Gasteiger partial charge on any atom is 0.573 e. The number of aliphatic hydroxyl groups is 1. The molecule has 0 aliphatic heterocycles. The molecular weight excluding hydrogens is 304 g/mol. The van der Waals surface area contributed by atoms with Gasteiger partial charge in [-0.15, -0.1) is 13.2 Å². The van der Waals surface area contributed by atoms with Gasteiger partial charge in [0.2, 0.25) is 0 Å². The molecule has 1 atom stereocenters. The van der Waals surface area contributed by atoms with Gasteiger partial charge in [-0.05, 0) is 18.2 Å². The number of rotatable bonds is 5. The summed E-state index contributed by atoms with van der Waals surface area (Å²) in [5.74, 6) is -0.767. The van der Waals surface area contributed by atoms with Crippen LogP contribution in [0.25, 0.3) is 0 Å². The molecule has 1 heterocycles. The molecule has 0 saturated heterocycles. The smallest absolute Gasteiger partial charge is 0.404 e. The van der Waals surface area contributed by atoms with Crippen LogP contribution in [0.5, 0.6) is 5.75 Å². The van der Waals surface area contributed by atoms with Crippen LogP contribution in [0, 0.1) is 5.82 Å². The number of halogens is 4. The highest BCUT2D eigenvalue weighted by molar-refractivity contribution is 5.38. The first-order valence-electron chi connectivity index (χ1n) is 6.23. The molecule has 22 heavy (non-hydrogen) atoms. The van der Waals surface area contributed by atoms with E-state index in [2.05, 4.69) is 15.0 Å². The van der Waals surface area contributed by atoms with Crippen LogP contribution in [0.1, 0.15) is 11.7 Å². The Morgan fingerprint density at radius 1 is 1.18 bits per heavy atom. The van der Waals surface area contributed by atoms with Crippen molar-refractivity contribution >= 4 is 5.82 Å². The van der Waals surface area contributed by atoms with E-state index in [0.29, 0.717) is 0 Å². The van der Waals surface area contributed by atoms with Gasteiger partial charge in [0.25, 0.3) is 0 Å². The minimum absolute atomic E-state index is 0.0482. The zero-order chi connectivity index (χ0) is 16.2. The number of pyridine rings is 1. The van der Waals surface area contributed by atoms with Gasteiger partial charge < -0.3 is 15.2 Å². The Morgan fingerprint density at radius 3 is 2.50 bits per heavy atom. The molecule has 0 aliphatic rings. The van der Waals surface area contributed by atoms with E-state index in [1.165, 1.54) is 24.3 Å². The highest BCUT2D eigenvalue weighted by Gasteiger charge is 2.31. The van der Waals surface area contributed by atoms with Gasteiger partial charge >= 0.3 is 6.36 Å². The molecule has 0 fully saturated rings. The number of nitrogens with one attached hydrogen (secondary N) is 1. The van der Waals surface area contributed by atoms with Gasteiger partial charge in [0.1, 0.15) is 17.4 Å². The first-order chi connectivity index (χ1) is 10.3. The van der Waals surface area contributed by atoms with Crippen molar-refractivity contribution in [2.24, 2.45) is 0 Å². The average Bonchev–Trinajstić information content (AvgIpc) is 2.45. The van der Waals surface area contributed by atoms with Crippen molar-refractivity contribution < 1.29 is 27.4 Å². The summed E-state index contributed by atoms with van der Waals surface area (Å²) in [7, 11) is 0. The third kappa shape index (κ3) is 4.59. The fourth-order valence-electron chi connectivity index (χ4n) is 1.74. The number of hydrogen-bond acceptors (Lipinski definition) is 4. The van der Waals surface area contributed by atoms with E-state index in [4.69, 9.17) is 0 Å². The molecule has 0 amide bonds. The third-order valence-electron chi connectivity index (χ3n) is 2.71. The number of nitrogens with zero attached hydrogens (tertiary/aromatic N) is 1. The molecule has 1 unspecified atom stereocenters. The summed E-state index contributed by atoms with van der Waals surface area (Å²) in [5.41, 5.74) is 0.118. The minimum atomic E-state index is -4.78. The van der Waals surface area contributed by atoms with Crippen molar-refractivity contribution in [3.05, 3.63) is 54.0 Å². The summed E-state index contributed by atoms with van der Waals surface area (Å²) in [5, 5.41) is 12.6. The highest BCUT2D eigenvalue weighted by atomic mass is 19.4. The normalized spacial score (nSPS) is 12.8. The summed E-state index contributed by atoms with van der Waals surface area (Å²) in [6, 6.07) is 8.09. The molecule has 0 aliphatic carbocycles. The molecule has 0 radical (unpaired) electrons. The molecule has 2 rings (SSSR count). The first kappa shape index (κ1) is 16.0. The lowest BCUT2D eigenvalue weighted by Crippen LogP contribution is -2.17. The molecule has 118 valence electrons. The van der Waals surface area contributed by atoms with Gasteiger partial charge in [0, 0.05) is 12.1 Å². The van der Waals surface area contributed by atoms with Crippen LogP contribution in [0.4, 0.5) is 23.4 Å². The van der Waals surface area contributed by atoms with Crippen molar-refractivity contribution in [1.82, 2.24) is 4.98 Å². The Hall–Kier alpha value is -2.35. The van der Waals surface area contributed by atoms with E-state index in [-0.39, 0.29) is 17.9 Å². The van der Waals surface area contributed by atoms with E-state index >= 15 is 0 Å². The van der Waals surface area contributed by atoms with E-state index < -0.39 is 24.0 Å². The Bertz CT molecular complexity index is 617. The lowest BCUT2D eigenvalue weighted by Gasteiger charge is -2.14. The average molecular weight is 316 g/mol. The summed E-state index contributed by atoms with van der Waals surface area (Å²) >= 11 is 0. The second-order valence-electron chi connectivity index (χ2n) is 4.35. The maximum absolute atomic E-state index is 13.4. The highest BCUT2D eigenvalue weighted by Crippen LogP contribution is 2.23. The number of aliphatic hydroxyl groups excluding tert-OH is 1. The predicted molar refractivity (Wildman–Crippen MR) is 70.8 cm³/mol. The lowest BCUT2D eigenvalue weighted by atomic mass is 10.1. The summed E-state index contributed by atoms with van der Waals surface area (Å²) in [4.78, 5) is 3.71. The van der Waals surface area contributed by atoms with Crippen LogP contribution in [-0.2, 0) is 0 Å². The monoisotopic (exact) mass is 316 g/mol. The Labute approximate surface area is 123 Å². The van der Waals surface area contributed by atoms with Crippen molar-refractivity contribution in [2.75, 3.05) is 11.9 Å². The quantitative estimate of drug-likeness (QED) is 0.831. The number of anilines is 1. The largest absolute Gasteiger partial charge is 0.573 e. The van der Waals surface area contributed by atoms with Gasteiger partial charge in [-0.25, -0.2) is 9.37 Å². The van der Waals surface area contributed by atoms with Crippen LogP contribution < -0.4 is 10.1 Å². The van der Waals surface area contributed by atoms with Gasteiger partial charge in [0.15, 0.2) is 0 Å². The fourth-order valence-corrected chi connectivity index (χ4v) is 1.74. The number of ether oxygens (including phenoxy) is 1. The number of hydrogen-bond donors (Lipinski definition) is 2. The fraction of sp³-hybridized carbons (Fsp3) is 0.214. The second-order valence-corrected chi connectivity index (χ2v) is 4.35. The molecule has 0 saturated carbocycles. The van der Waals surface area contributed by atoms with E-state index in [0.717, 1.165) is 12.3 Å². The van der Waals surface area contributed by atoms with Crippen LogP contribution in [0.2, 0.25) is 0 Å². The van der Waals surface area contributed by atoms with E-state index in [1.807, 2.05) is 0 Å². The SMILES string of the molecule is OC(CNc1ccc(OC(F)(F)F)cn1)c1ccccc1F. The Balaban J connectivity index is 1.93. The van der Waals surface area contributed by atoms with E-state index in [1.54, 1.807) is 6.07 Å². The lowest BCUT2D eigenvalue weighted by molar-refractivity contribution is -0.274. The topological polar surface area (TPSA) is 54.4 Å². The van der Waals surface area contributed by atoms with E-state index in [9.17, 15) is 22.7 Å². The molecule has 4 nitrogen and oxygen atoms in total. The van der Waals surface area contributed by atoms with Crippen LogP contribution in [0.3, 0.4) is 0 Å². The Morgan fingerprint density at radius 2 is 1.91 bits per heavy atom. The molecule has 0 spiro atoms. The van der Waals surface area contributed by atoms with Crippen LogP contribution in [-0.4, -0.2) is 23.0 Å². The minimum Gasteiger partial charge on any atom is -0.404 e. The van der Waals surface area contributed by atoms with Crippen LogP contribution >= 0.6 is 0 Å². The molecule has 1 aromatic carbocycles. The van der Waals surface area contributed by atoms with Gasteiger partial charge in [-0.2, -0.15) is 0 Å². The second kappa shape index (κ2) is 6.61. The number of alkyl halides is 3. The molecule has 2 N–H and O–H groups in total. The van der Waals surface area contributed by atoms with Crippen molar-refractivity contribution in [2.45, 2.75) is 12.5 Å². The zero-order valence-corrected chi connectivity index (χ0v) is 11.1. The number of aromatic nitrogens is 1. The zero-order valence-electron chi connectivity index (χ0n) is 11.1. The van der Waals surface area contributed by atoms with Crippen LogP contribution in [0.15, 0.2) is 42.6 Å². The maximum atomic E-state index is 13.4. The van der Waals surface area contributed by atoms with Crippen molar-refractivity contribution in [3.63, 3.8) is 0 Å². The van der Waals surface area contributed by atoms with Gasteiger partial charge in [0.05, 0.1) is 12.3 Å². The number of benzene rings is 1. The summed E-state index contributed by atoms with van der Waals surface area (Å²) < 4.78 is 53.1. The Kier molecular flexibility index (Phi) is 4.81. The van der Waals surface area contributed by atoms with Gasteiger partial charge in [-0.1, -0.05) is 18.2 Å². The predicted octanol–water partition coefficient (Wildman–Crippen LogP) is 3.26. The molecule has 8 heteroatoms. The molecular formula is C14H12F4N2O2. The summed E-state index contributed by atoms with van der Waals surface area (Å²) in [6.07, 6.45) is -5.00. The molecule has 0 bridgehead atoms. The molecule has 2 aromatic rings. The first-order valence-corrected chi connectivity index (χ1v) is 6.23.